The third-order valence-corrected chi connectivity index (χ3v) is 2.63. The van der Waals surface area contributed by atoms with E-state index in [0.29, 0.717) is 11.5 Å². The van der Waals surface area contributed by atoms with Crippen LogP contribution >= 0.6 is 0 Å². The van der Waals surface area contributed by atoms with Gasteiger partial charge < -0.3 is 9.47 Å². The van der Waals surface area contributed by atoms with E-state index in [1.807, 2.05) is 49.4 Å². The average molecular weight is 256 g/mol. The highest BCUT2D eigenvalue weighted by atomic mass is 16.6. The van der Waals surface area contributed by atoms with Crippen LogP contribution in [0.2, 0.25) is 0 Å². The van der Waals surface area contributed by atoms with Gasteiger partial charge in [-0.2, -0.15) is 0 Å². The fourth-order valence-corrected chi connectivity index (χ4v) is 1.56. The Morgan fingerprint density at radius 2 is 1.58 bits per heavy atom. The molecule has 0 spiro atoms. The van der Waals surface area contributed by atoms with Crippen molar-refractivity contribution in [2.75, 3.05) is 0 Å². The van der Waals surface area contributed by atoms with Crippen molar-refractivity contribution in [1.82, 2.24) is 0 Å². The summed E-state index contributed by atoms with van der Waals surface area (Å²) in [5.74, 6) is 0.766. The Balaban J connectivity index is 1.94. The molecular formula is C16H16O3. The van der Waals surface area contributed by atoms with Gasteiger partial charge in [-0.25, -0.2) is 4.79 Å². The lowest BCUT2D eigenvalue weighted by Crippen LogP contribution is -2.28. The summed E-state index contributed by atoms with van der Waals surface area (Å²) in [5.41, 5.74) is 1.15. The van der Waals surface area contributed by atoms with Crippen molar-refractivity contribution in [2.24, 2.45) is 0 Å². The van der Waals surface area contributed by atoms with E-state index < -0.39 is 12.1 Å². The molecule has 2 rings (SSSR count). The zero-order valence-electron chi connectivity index (χ0n) is 11.0. The number of carbonyl (C=O) groups is 1. The molecule has 0 amide bonds. The molecule has 0 fully saturated rings. The van der Waals surface area contributed by atoms with E-state index in [4.69, 9.17) is 9.47 Å². The first-order chi connectivity index (χ1) is 9.15. The van der Waals surface area contributed by atoms with Gasteiger partial charge in [-0.3, -0.25) is 0 Å². The molecule has 19 heavy (non-hydrogen) atoms. The lowest BCUT2D eigenvalue weighted by atomic mass is 10.2. The minimum Gasteiger partial charge on any atom is -0.479 e. The molecule has 0 radical (unpaired) electrons. The maximum Gasteiger partial charge on any atom is 0.352 e. The highest BCUT2D eigenvalue weighted by Gasteiger charge is 2.17. The zero-order chi connectivity index (χ0) is 13.7. The molecule has 1 atom stereocenters. The van der Waals surface area contributed by atoms with Crippen molar-refractivity contribution >= 4 is 5.97 Å². The number of para-hydroxylation sites is 1. The normalized spacial score (nSPS) is 11.7. The first kappa shape index (κ1) is 13.1. The molecule has 2 aromatic carbocycles. The molecule has 0 N–H and O–H groups in total. The van der Waals surface area contributed by atoms with Crippen LogP contribution < -0.4 is 9.47 Å². The molecule has 98 valence electrons. The van der Waals surface area contributed by atoms with E-state index in [-0.39, 0.29) is 0 Å². The van der Waals surface area contributed by atoms with E-state index >= 15 is 0 Å². The van der Waals surface area contributed by atoms with Crippen LogP contribution in [0.1, 0.15) is 12.5 Å². The van der Waals surface area contributed by atoms with Gasteiger partial charge in [-0.05, 0) is 38.1 Å². The number of aryl methyl sites for hydroxylation is 1. The zero-order valence-corrected chi connectivity index (χ0v) is 11.0. The van der Waals surface area contributed by atoms with E-state index in [2.05, 4.69) is 0 Å². The lowest BCUT2D eigenvalue weighted by Gasteiger charge is -2.13. The summed E-state index contributed by atoms with van der Waals surface area (Å²) in [6.07, 6.45) is -0.650. The Labute approximate surface area is 112 Å². The van der Waals surface area contributed by atoms with Gasteiger partial charge >= 0.3 is 5.97 Å². The summed E-state index contributed by atoms with van der Waals surface area (Å²) >= 11 is 0. The summed E-state index contributed by atoms with van der Waals surface area (Å²) in [5, 5.41) is 0. The molecular weight excluding hydrogens is 240 g/mol. The Kier molecular flexibility index (Phi) is 4.18. The predicted octanol–water partition coefficient (Wildman–Crippen LogP) is 3.37. The molecule has 0 unspecified atom stereocenters. The van der Waals surface area contributed by atoms with Crippen LogP contribution in [-0.2, 0) is 4.79 Å². The average Bonchev–Trinajstić information content (AvgIpc) is 2.42. The molecule has 0 saturated heterocycles. The summed E-state index contributed by atoms with van der Waals surface area (Å²) in [6, 6.07) is 16.5. The van der Waals surface area contributed by atoms with Gasteiger partial charge in [0, 0.05) is 0 Å². The van der Waals surface area contributed by atoms with Crippen molar-refractivity contribution in [1.29, 1.82) is 0 Å². The Bertz CT molecular complexity index is 532. The quantitative estimate of drug-likeness (QED) is 0.621. The molecule has 0 aliphatic heterocycles. The van der Waals surface area contributed by atoms with E-state index in [1.54, 1.807) is 19.1 Å². The van der Waals surface area contributed by atoms with Crippen molar-refractivity contribution in [3.63, 3.8) is 0 Å². The van der Waals surface area contributed by atoms with Crippen LogP contribution in [0.5, 0.6) is 11.5 Å². The maximum absolute atomic E-state index is 11.8. The fourth-order valence-electron chi connectivity index (χ4n) is 1.56. The van der Waals surface area contributed by atoms with Gasteiger partial charge in [0.2, 0.25) is 0 Å². The number of hydrogen-bond donors (Lipinski definition) is 0. The van der Waals surface area contributed by atoms with Gasteiger partial charge in [0.05, 0.1) is 0 Å². The van der Waals surface area contributed by atoms with Gasteiger partial charge in [0.1, 0.15) is 11.5 Å². The molecule has 0 bridgehead atoms. The van der Waals surface area contributed by atoms with Gasteiger partial charge in [-0.15, -0.1) is 0 Å². The lowest BCUT2D eigenvalue weighted by molar-refractivity contribution is -0.141. The molecule has 0 aromatic heterocycles. The minimum absolute atomic E-state index is 0.410. The second-order valence-electron chi connectivity index (χ2n) is 4.31. The molecule has 2 aromatic rings. The first-order valence-corrected chi connectivity index (χ1v) is 6.15. The number of ether oxygens (including phenoxy) is 2. The van der Waals surface area contributed by atoms with Crippen molar-refractivity contribution in [3.05, 3.63) is 60.2 Å². The summed E-state index contributed by atoms with van der Waals surface area (Å²) < 4.78 is 10.7. The van der Waals surface area contributed by atoms with Crippen LogP contribution in [0, 0.1) is 6.92 Å². The van der Waals surface area contributed by atoms with Gasteiger partial charge in [-0.1, -0.05) is 35.9 Å². The Hall–Kier alpha value is -2.29. The molecule has 3 nitrogen and oxygen atoms in total. The summed E-state index contributed by atoms with van der Waals surface area (Å²) in [4.78, 5) is 11.8. The number of hydrogen-bond acceptors (Lipinski definition) is 3. The Morgan fingerprint density at radius 1 is 0.947 bits per heavy atom. The number of benzene rings is 2. The van der Waals surface area contributed by atoms with E-state index in [1.165, 1.54) is 0 Å². The SMILES string of the molecule is Cc1ccc(O[C@H](C)C(=O)Oc2ccccc2)cc1. The summed E-state index contributed by atoms with van der Waals surface area (Å²) in [7, 11) is 0. The molecule has 0 heterocycles. The third-order valence-electron chi connectivity index (χ3n) is 2.63. The van der Waals surface area contributed by atoms with Crippen LogP contribution in [-0.4, -0.2) is 12.1 Å². The van der Waals surface area contributed by atoms with Crippen molar-refractivity contribution < 1.29 is 14.3 Å². The van der Waals surface area contributed by atoms with Crippen molar-refractivity contribution in [3.8, 4) is 11.5 Å². The molecule has 3 heteroatoms. The number of rotatable bonds is 4. The van der Waals surface area contributed by atoms with Crippen LogP contribution in [0.25, 0.3) is 0 Å². The predicted molar refractivity (Wildman–Crippen MR) is 73.3 cm³/mol. The third kappa shape index (κ3) is 3.85. The van der Waals surface area contributed by atoms with Crippen molar-refractivity contribution in [2.45, 2.75) is 20.0 Å². The first-order valence-electron chi connectivity index (χ1n) is 6.15. The van der Waals surface area contributed by atoms with Crippen LogP contribution in [0.3, 0.4) is 0 Å². The topological polar surface area (TPSA) is 35.5 Å². The molecule has 0 saturated carbocycles. The number of carbonyl (C=O) groups excluding carboxylic acids is 1. The highest BCUT2D eigenvalue weighted by molar-refractivity contribution is 5.77. The largest absolute Gasteiger partial charge is 0.479 e. The standard InChI is InChI=1S/C16H16O3/c1-12-8-10-15(11-9-12)18-13(2)16(17)19-14-6-4-3-5-7-14/h3-11,13H,1-2H3/t13-/m1/s1. The monoisotopic (exact) mass is 256 g/mol. The molecule has 0 aliphatic rings. The van der Waals surface area contributed by atoms with Crippen LogP contribution in [0.4, 0.5) is 0 Å². The van der Waals surface area contributed by atoms with Gasteiger partial charge in [0.25, 0.3) is 0 Å². The number of esters is 1. The fraction of sp³-hybridized carbons (Fsp3) is 0.188. The second kappa shape index (κ2) is 6.05. The van der Waals surface area contributed by atoms with Crippen LogP contribution in [0.15, 0.2) is 54.6 Å². The second-order valence-corrected chi connectivity index (χ2v) is 4.31. The van der Waals surface area contributed by atoms with E-state index in [0.717, 1.165) is 5.56 Å². The minimum atomic E-state index is -0.650. The highest BCUT2D eigenvalue weighted by Crippen LogP contribution is 2.15. The summed E-state index contributed by atoms with van der Waals surface area (Å²) in [6.45, 7) is 3.67. The maximum atomic E-state index is 11.8. The molecule has 0 aliphatic carbocycles. The smallest absolute Gasteiger partial charge is 0.352 e. The van der Waals surface area contributed by atoms with E-state index in [9.17, 15) is 4.79 Å². The Morgan fingerprint density at radius 3 is 2.21 bits per heavy atom. The van der Waals surface area contributed by atoms with Gasteiger partial charge in [0.15, 0.2) is 6.10 Å².